The average Bonchev–Trinajstić information content (AvgIpc) is 3.12. The minimum atomic E-state index is -3.69. The van der Waals surface area contributed by atoms with E-state index in [1.807, 2.05) is 6.26 Å². The third kappa shape index (κ3) is 4.47. The summed E-state index contributed by atoms with van der Waals surface area (Å²) in [7, 11) is 0. The van der Waals surface area contributed by atoms with Gasteiger partial charge in [0.05, 0.1) is 0 Å². The summed E-state index contributed by atoms with van der Waals surface area (Å²) in [5, 5.41) is 4.50. The van der Waals surface area contributed by atoms with E-state index in [0.29, 0.717) is 16.7 Å². The highest BCUT2D eigenvalue weighted by molar-refractivity contribution is 7.98. The van der Waals surface area contributed by atoms with Gasteiger partial charge in [-0.2, -0.15) is 8.78 Å². The Bertz CT molecular complexity index is 1140. The summed E-state index contributed by atoms with van der Waals surface area (Å²) in [6.07, 6.45) is 2.23. The van der Waals surface area contributed by atoms with Gasteiger partial charge in [-0.15, -0.1) is 11.8 Å². The Hall–Kier alpha value is -3.27. The smallest absolute Gasteiger partial charge is 0.346 e. The van der Waals surface area contributed by atoms with Crippen LogP contribution in [0, 0.1) is 0 Å². The van der Waals surface area contributed by atoms with Gasteiger partial charge >= 0.3 is 5.92 Å². The molecule has 7 nitrogen and oxygen atoms in total. The normalized spacial score (nSPS) is 18.2. The molecule has 0 spiro atoms. The van der Waals surface area contributed by atoms with Gasteiger partial charge in [0, 0.05) is 35.5 Å². The maximum atomic E-state index is 14.5. The quantitative estimate of drug-likeness (QED) is 0.497. The number of thioether (sulfide) groups is 1. The van der Waals surface area contributed by atoms with Crippen molar-refractivity contribution in [2.75, 3.05) is 6.26 Å². The monoisotopic (exact) mass is 473 g/mol. The molecule has 0 aromatic heterocycles. The van der Waals surface area contributed by atoms with Gasteiger partial charge in [-0.05, 0) is 42.0 Å². The molecule has 0 radical (unpaired) electrons. The molecule has 33 heavy (non-hydrogen) atoms. The zero-order chi connectivity index (χ0) is 23.8. The molecule has 4 rings (SSSR count). The summed E-state index contributed by atoms with van der Waals surface area (Å²) >= 11 is 1.41. The lowest BCUT2D eigenvalue weighted by Gasteiger charge is -2.29. The highest BCUT2D eigenvalue weighted by atomic mass is 32.2. The number of nitrogens with one attached hydrogen (secondary N) is 2. The van der Waals surface area contributed by atoms with Crippen molar-refractivity contribution in [3.8, 4) is 0 Å². The number of alkyl halides is 2. The molecule has 2 aromatic carbocycles. The summed E-state index contributed by atoms with van der Waals surface area (Å²) in [4.78, 5) is 50.6. The molecule has 1 atom stereocenters. The fraction of sp³-hybridized carbons (Fsp3) is 0.304. The molecule has 0 aliphatic carbocycles. The summed E-state index contributed by atoms with van der Waals surface area (Å²) < 4.78 is 29.1. The number of carbonyl (C=O) groups is 4. The Morgan fingerprint density at radius 1 is 1.18 bits per heavy atom. The maximum Gasteiger partial charge on any atom is 0.349 e. The van der Waals surface area contributed by atoms with E-state index in [0.717, 1.165) is 4.90 Å². The number of hydrogen-bond acceptors (Lipinski definition) is 5. The number of halogens is 2. The third-order valence-electron chi connectivity index (χ3n) is 5.78. The highest BCUT2D eigenvalue weighted by Crippen LogP contribution is 2.31. The van der Waals surface area contributed by atoms with E-state index in [9.17, 15) is 28.0 Å². The molecule has 172 valence electrons. The van der Waals surface area contributed by atoms with Crippen molar-refractivity contribution in [2.45, 2.75) is 42.8 Å². The Morgan fingerprint density at radius 3 is 2.58 bits per heavy atom. The van der Waals surface area contributed by atoms with Crippen LogP contribution in [0.25, 0.3) is 0 Å². The molecule has 4 amide bonds. The van der Waals surface area contributed by atoms with Gasteiger partial charge < -0.3 is 10.2 Å². The van der Waals surface area contributed by atoms with Gasteiger partial charge in [0.1, 0.15) is 6.04 Å². The Balaban J connectivity index is 1.42. The second kappa shape index (κ2) is 8.93. The second-order valence-electron chi connectivity index (χ2n) is 7.88. The van der Waals surface area contributed by atoms with E-state index in [1.165, 1.54) is 40.9 Å². The highest BCUT2D eigenvalue weighted by Gasteiger charge is 2.41. The first-order chi connectivity index (χ1) is 15.7. The van der Waals surface area contributed by atoms with Gasteiger partial charge in [-0.25, -0.2) is 0 Å². The van der Waals surface area contributed by atoms with Gasteiger partial charge in [0.25, 0.3) is 11.8 Å². The molecular formula is C23H21F2N3O4S. The molecule has 2 aliphatic rings. The van der Waals surface area contributed by atoms with Crippen LogP contribution in [0.3, 0.4) is 0 Å². The number of fused-ring (bicyclic) bond motifs is 1. The number of carbonyl (C=O) groups excluding carboxylic acids is 4. The van der Waals surface area contributed by atoms with Gasteiger partial charge in [0.15, 0.2) is 0 Å². The first kappa shape index (κ1) is 22.9. The number of benzene rings is 2. The van der Waals surface area contributed by atoms with E-state index in [2.05, 4.69) is 10.6 Å². The minimum Gasteiger partial charge on any atom is -0.346 e. The minimum absolute atomic E-state index is 0.142. The van der Waals surface area contributed by atoms with Crippen LogP contribution >= 0.6 is 11.8 Å². The van der Waals surface area contributed by atoms with E-state index >= 15 is 0 Å². The molecule has 2 N–H and O–H groups in total. The first-order valence-electron chi connectivity index (χ1n) is 10.3. The number of imide groups is 1. The van der Waals surface area contributed by atoms with Crippen molar-refractivity contribution in [2.24, 2.45) is 0 Å². The summed E-state index contributed by atoms with van der Waals surface area (Å²) in [5.74, 6) is -6.30. The third-order valence-corrected chi connectivity index (χ3v) is 6.52. The molecule has 1 saturated heterocycles. The van der Waals surface area contributed by atoms with E-state index in [4.69, 9.17) is 0 Å². The molecule has 2 aromatic rings. The molecule has 2 heterocycles. The second-order valence-corrected chi connectivity index (χ2v) is 8.76. The molecule has 0 bridgehead atoms. The molecule has 0 saturated carbocycles. The molecule has 1 unspecified atom stereocenters. The van der Waals surface area contributed by atoms with E-state index < -0.39 is 29.3 Å². The number of piperidine rings is 1. The predicted molar refractivity (Wildman–Crippen MR) is 116 cm³/mol. The Kier molecular flexibility index (Phi) is 6.20. The summed E-state index contributed by atoms with van der Waals surface area (Å²) in [5.41, 5.74) is 1.20. The van der Waals surface area contributed by atoms with E-state index in [-0.39, 0.29) is 37.7 Å². The number of amides is 4. The van der Waals surface area contributed by atoms with Crippen LogP contribution in [0.15, 0.2) is 47.4 Å². The van der Waals surface area contributed by atoms with Crippen molar-refractivity contribution in [1.82, 2.24) is 15.5 Å². The topological polar surface area (TPSA) is 95.6 Å². The number of nitrogens with zero attached hydrogens (tertiary/aromatic N) is 1. The zero-order valence-corrected chi connectivity index (χ0v) is 18.5. The number of rotatable bonds is 6. The van der Waals surface area contributed by atoms with Crippen molar-refractivity contribution in [3.63, 3.8) is 0 Å². The largest absolute Gasteiger partial charge is 0.349 e. The van der Waals surface area contributed by atoms with Crippen LogP contribution in [-0.4, -0.2) is 40.8 Å². The maximum absolute atomic E-state index is 14.5. The SMILES string of the molecule is CSc1ccc(C(F)(F)C(=O)NCc2ccc3c(c2)CN(C2CCC(=O)NC2=O)C3=O)cc1. The van der Waals surface area contributed by atoms with Crippen molar-refractivity contribution >= 4 is 35.4 Å². The fourth-order valence-corrected chi connectivity index (χ4v) is 4.37. The fourth-order valence-electron chi connectivity index (χ4n) is 3.96. The van der Waals surface area contributed by atoms with Crippen LogP contribution in [0.4, 0.5) is 8.78 Å². The van der Waals surface area contributed by atoms with Crippen LogP contribution in [0.5, 0.6) is 0 Å². The lowest BCUT2D eigenvalue weighted by molar-refractivity contribution is -0.147. The van der Waals surface area contributed by atoms with Gasteiger partial charge in [-0.1, -0.05) is 24.3 Å². The number of hydrogen-bond donors (Lipinski definition) is 2. The molecular weight excluding hydrogens is 452 g/mol. The van der Waals surface area contributed by atoms with Crippen LogP contribution in [0.2, 0.25) is 0 Å². The van der Waals surface area contributed by atoms with Crippen molar-refractivity contribution < 1.29 is 28.0 Å². The molecule has 1 fully saturated rings. The lowest BCUT2D eigenvalue weighted by Crippen LogP contribution is -2.52. The Labute approximate surface area is 192 Å². The molecule has 2 aliphatic heterocycles. The van der Waals surface area contributed by atoms with Gasteiger partial charge in [-0.3, -0.25) is 24.5 Å². The van der Waals surface area contributed by atoms with Crippen LogP contribution in [-0.2, 0) is 33.4 Å². The average molecular weight is 474 g/mol. The van der Waals surface area contributed by atoms with Crippen molar-refractivity contribution in [3.05, 3.63) is 64.7 Å². The lowest BCUT2D eigenvalue weighted by atomic mass is 10.0. The van der Waals surface area contributed by atoms with Crippen LogP contribution < -0.4 is 10.6 Å². The van der Waals surface area contributed by atoms with Crippen molar-refractivity contribution in [1.29, 1.82) is 0 Å². The summed E-state index contributed by atoms with van der Waals surface area (Å²) in [6.45, 7) is 0.0252. The molecule has 10 heteroatoms. The first-order valence-corrected chi connectivity index (χ1v) is 11.5. The van der Waals surface area contributed by atoms with Crippen LogP contribution in [0.1, 0.15) is 39.9 Å². The predicted octanol–water partition coefficient (Wildman–Crippen LogP) is 2.58. The zero-order valence-electron chi connectivity index (χ0n) is 17.7. The summed E-state index contributed by atoms with van der Waals surface area (Å²) in [6, 6.07) is 9.60. The van der Waals surface area contributed by atoms with E-state index in [1.54, 1.807) is 18.2 Å². The standard InChI is InChI=1S/C23H21F2N3O4S/c1-33-16-5-3-15(4-6-16)23(24,25)22(32)26-11-13-2-7-17-14(10-13)12-28(21(17)31)18-8-9-19(29)27-20(18)30/h2-7,10,18H,8-9,11-12H2,1H3,(H,26,32)(H,27,29,30). The Morgan fingerprint density at radius 2 is 1.91 bits per heavy atom. The van der Waals surface area contributed by atoms with Gasteiger partial charge in [0.2, 0.25) is 11.8 Å².